The van der Waals surface area contributed by atoms with Crippen LogP contribution in [0.2, 0.25) is 0 Å². The van der Waals surface area contributed by atoms with E-state index in [2.05, 4.69) is 190 Å². The summed E-state index contributed by atoms with van der Waals surface area (Å²) in [6.45, 7) is 4.15. The third kappa shape index (κ3) is 7.10. The van der Waals surface area contributed by atoms with Gasteiger partial charge in [-0.2, -0.15) is 5.26 Å². The van der Waals surface area contributed by atoms with Crippen LogP contribution in [0.15, 0.2) is 194 Å². The third-order valence-electron chi connectivity index (χ3n) is 11.3. The molecule has 1 aromatic heterocycles. The van der Waals surface area contributed by atoms with Crippen molar-refractivity contribution in [3.63, 3.8) is 0 Å². The maximum atomic E-state index is 10.3. The number of nitrogens with zero attached hydrogens (tertiary/aromatic N) is 4. The molecule has 60 heavy (non-hydrogen) atoms. The predicted molar refractivity (Wildman–Crippen MR) is 247 cm³/mol. The Morgan fingerprint density at radius 3 is 1.38 bits per heavy atom. The molecule has 0 atom stereocenters. The molecule has 0 aliphatic rings. The average molecular weight is 767 g/mol. The van der Waals surface area contributed by atoms with Gasteiger partial charge in [0.25, 0.3) is 0 Å². The molecule has 0 N–H and O–H groups in total. The number of hydrogen-bond acceptors (Lipinski definition) is 4. The highest BCUT2D eigenvalue weighted by Crippen LogP contribution is 2.36. The Morgan fingerprint density at radius 1 is 0.333 bits per heavy atom. The third-order valence-corrected chi connectivity index (χ3v) is 11.3. The zero-order valence-corrected chi connectivity index (χ0v) is 33.3. The maximum absolute atomic E-state index is 10.3. The van der Waals surface area contributed by atoms with Gasteiger partial charge in [-0.1, -0.05) is 169 Å². The molecule has 0 saturated heterocycles. The molecular weight excluding hydrogens is 729 g/mol. The summed E-state index contributed by atoms with van der Waals surface area (Å²) in [5, 5.41) is 15.3. The van der Waals surface area contributed by atoms with Gasteiger partial charge in [0.05, 0.1) is 11.6 Å². The van der Waals surface area contributed by atoms with Crippen LogP contribution in [0.25, 0.3) is 100 Å². The highest BCUT2D eigenvalue weighted by atomic mass is 15.0. The SMILES string of the molecule is Cc1ccc(-c2nc(-c3ccc(C)cc3)nc(-c3cccc(-c4ccc(C#N)c(-c5cccc(-c6cccc(-c7ccc8c(ccc9ccccc98)c7)c6)c5)c4)c3)n2)cc1. The highest BCUT2D eigenvalue weighted by molar-refractivity contribution is 6.08. The van der Waals surface area contributed by atoms with Crippen LogP contribution in [0, 0.1) is 25.2 Å². The van der Waals surface area contributed by atoms with Crippen LogP contribution in [0.3, 0.4) is 0 Å². The Hall–Kier alpha value is -8.00. The lowest BCUT2D eigenvalue weighted by atomic mass is 9.92. The summed E-state index contributed by atoms with van der Waals surface area (Å²) in [6.07, 6.45) is 0. The Bertz CT molecular complexity index is 3220. The summed E-state index contributed by atoms with van der Waals surface area (Å²) in [4.78, 5) is 14.9. The normalized spacial score (nSPS) is 11.2. The Labute approximate surface area is 349 Å². The zero-order valence-electron chi connectivity index (χ0n) is 33.3. The van der Waals surface area contributed by atoms with Crippen LogP contribution in [-0.2, 0) is 0 Å². The number of fused-ring (bicyclic) bond motifs is 3. The number of benzene rings is 9. The van der Waals surface area contributed by atoms with Gasteiger partial charge in [0.15, 0.2) is 17.5 Å². The summed E-state index contributed by atoms with van der Waals surface area (Å²) in [7, 11) is 0. The van der Waals surface area contributed by atoms with E-state index in [9.17, 15) is 5.26 Å². The van der Waals surface area contributed by atoms with Crippen molar-refractivity contribution >= 4 is 21.5 Å². The van der Waals surface area contributed by atoms with E-state index >= 15 is 0 Å². The highest BCUT2D eigenvalue weighted by Gasteiger charge is 2.15. The standard InChI is InChI=1S/C56H38N4/c1-36-16-20-39(21-17-36)54-58-55(40-22-18-37(2)19-23-40)60-56(59-54)49-14-7-12-44(33-49)46-25-27-50(35-57)53(34-46)47-13-6-11-43(31-47)41-9-5-10-42(30-41)45-28-29-52-48(32-45)26-24-38-8-3-4-15-51(38)52/h3-34H,1-2H3. The molecule has 4 nitrogen and oxygen atoms in total. The molecule has 0 saturated carbocycles. The van der Waals surface area contributed by atoms with E-state index in [1.54, 1.807) is 0 Å². The fraction of sp³-hybridized carbons (Fsp3) is 0.0357. The molecule has 10 rings (SSSR count). The molecule has 0 fully saturated rings. The second-order valence-corrected chi connectivity index (χ2v) is 15.4. The first kappa shape index (κ1) is 36.3. The number of nitriles is 1. The lowest BCUT2D eigenvalue weighted by Crippen LogP contribution is -2.00. The van der Waals surface area contributed by atoms with Gasteiger partial charge in [-0.15, -0.1) is 0 Å². The molecule has 0 bridgehead atoms. The van der Waals surface area contributed by atoms with Gasteiger partial charge in [0.2, 0.25) is 0 Å². The minimum atomic E-state index is 0.596. The van der Waals surface area contributed by atoms with Crippen molar-refractivity contribution in [2.45, 2.75) is 13.8 Å². The van der Waals surface area contributed by atoms with Crippen molar-refractivity contribution in [3.05, 3.63) is 211 Å². The molecular formula is C56H38N4. The van der Waals surface area contributed by atoms with Crippen molar-refractivity contribution in [2.24, 2.45) is 0 Å². The second-order valence-electron chi connectivity index (χ2n) is 15.4. The smallest absolute Gasteiger partial charge is 0.164 e. The maximum Gasteiger partial charge on any atom is 0.164 e. The molecule has 9 aromatic carbocycles. The van der Waals surface area contributed by atoms with E-state index < -0.39 is 0 Å². The topological polar surface area (TPSA) is 62.5 Å². The van der Waals surface area contributed by atoms with Gasteiger partial charge in [0.1, 0.15) is 0 Å². The van der Waals surface area contributed by atoms with E-state index in [0.717, 1.165) is 55.6 Å². The summed E-state index contributed by atoms with van der Waals surface area (Å²) < 4.78 is 0. The summed E-state index contributed by atoms with van der Waals surface area (Å²) in [6, 6.07) is 70.2. The lowest BCUT2D eigenvalue weighted by molar-refractivity contribution is 1.07. The van der Waals surface area contributed by atoms with Gasteiger partial charge >= 0.3 is 0 Å². The zero-order chi connectivity index (χ0) is 40.6. The second kappa shape index (κ2) is 15.4. The molecule has 0 radical (unpaired) electrons. The van der Waals surface area contributed by atoms with Crippen molar-refractivity contribution in [2.75, 3.05) is 0 Å². The van der Waals surface area contributed by atoms with Crippen LogP contribution < -0.4 is 0 Å². The molecule has 10 aromatic rings. The van der Waals surface area contributed by atoms with Gasteiger partial charge < -0.3 is 0 Å². The van der Waals surface area contributed by atoms with Crippen molar-refractivity contribution in [1.29, 1.82) is 5.26 Å². The minimum Gasteiger partial charge on any atom is -0.208 e. The summed E-state index contributed by atoms with van der Waals surface area (Å²) in [5.74, 6) is 1.84. The first-order valence-corrected chi connectivity index (χ1v) is 20.1. The first-order chi connectivity index (χ1) is 29.5. The molecule has 1 heterocycles. The average Bonchev–Trinajstić information content (AvgIpc) is 3.31. The van der Waals surface area contributed by atoms with Crippen molar-refractivity contribution < 1.29 is 0 Å². The predicted octanol–water partition coefficient (Wildman–Crippen LogP) is 14.3. The van der Waals surface area contributed by atoms with Gasteiger partial charge in [-0.25, -0.2) is 15.0 Å². The van der Waals surface area contributed by atoms with E-state index in [0.29, 0.717) is 23.0 Å². The Balaban J connectivity index is 0.995. The molecule has 0 aliphatic carbocycles. The van der Waals surface area contributed by atoms with Crippen LogP contribution in [0.1, 0.15) is 16.7 Å². The number of hydrogen-bond donors (Lipinski definition) is 0. The number of rotatable bonds is 7. The molecule has 282 valence electrons. The molecule has 0 amide bonds. The largest absolute Gasteiger partial charge is 0.208 e. The minimum absolute atomic E-state index is 0.596. The Morgan fingerprint density at radius 2 is 0.767 bits per heavy atom. The van der Waals surface area contributed by atoms with Crippen molar-refractivity contribution in [1.82, 2.24) is 15.0 Å². The molecule has 0 unspecified atom stereocenters. The quantitative estimate of drug-likeness (QED) is 0.152. The first-order valence-electron chi connectivity index (χ1n) is 20.1. The fourth-order valence-corrected chi connectivity index (χ4v) is 8.00. The fourth-order valence-electron chi connectivity index (χ4n) is 8.00. The Kier molecular flexibility index (Phi) is 9.33. The van der Waals surface area contributed by atoms with Gasteiger partial charge in [-0.3, -0.25) is 0 Å². The molecule has 0 spiro atoms. The van der Waals surface area contributed by atoms with E-state index in [-0.39, 0.29) is 0 Å². The van der Waals surface area contributed by atoms with Crippen LogP contribution in [-0.4, -0.2) is 15.0 Å². The van der Waals surface area contributed by atoms with Gasteiger partial charge in [-0.05, 0) is 111 Å². The van der Waals surface area contributed by atoms with Crippen LogP contribution in [0.4, 0.5) is 0 Å². The number of aryl methyl sites for hydroxylation is 2. The van der Waals surface area contributed by atoms with Gasteiger partial charge in [0, 0.05) is 22.3 Å². The number of aromatic nitrogens is 3. The van der Waals surface area contributed by atoms with Crippen molar-refractivity contribution in [3.8, 4) is 84.7 Å². The molecule has 4 heteroatoms. The summed E-state index contributed by atoms with van der Waals surface area (Å²) >= 11 is 0. The van der Waals surface area contributed by atoms with E-state index in [1.165, 1.54) is 38.2 Å². The van der Waals surface area contributed by atoms with E-state index in [4.69, 9.17) is 15.0 Å². The van der Waals surface area contributed by atoms with E-state index in [1.807, 2.05) is 24.3 Å². The lowest BCUT2D eigenvalue weighted by Gasteiger charge is -2.12. The monoisotopic (exact) mass is 766 g/mol. The van der Waals surface area contributed by atoms with Crippen LogP contribution in [0.5, 0.6) is 0 Å². The summed E-state index contributed by atoms with van der Waals surface area (Å²) in [5.41, 5.74) is 14.1. The van der Waals surface area contributed by atoms with Crippen LogP contribution >= 0.6 is 0 Å². The molecule has 0 aliphatic heterocycles.